The lowest BCUT2D eigenvalue weighted by Crippen LogP contribution is -2.46. The lowest BCUT2D eigenvalue weighted by Gasteiger charge is -2.12. The first-order chi connectivity index (χ1) is 10.5. The van der Waals surface area contributed by atoms with Crippen molar-refractivity contribution in [2.24, 2.45) is 0 Å². The predicted molar refractivity (Wildman–Crippen MR) is 89.6 cm³/mol. The van der Waals surface area contributed by atoms with Crippen molar-refractivity contribution in [3.8, 4) is 0 Å². The van der Waals surface area contributed by atoms with Gasteiger partial charge < -0.3 is 4.74 Å². The fourth-order valence-corrected chi connectivity index (χ4v) is 3.45. The van der Waals surface area contributed by atoms with Crippen LogP contribution in [0.15, 0.2) is 21.5 Å². The summed E-state index contributed by atoms with van der Waals surface area (Å²) in [5, 5.41) is 0. The summed E-state index contributed by atoms with van der Waals surface area (Å²) in [6.45, 7) is 4.61. The number of thioether (sulfide) groups is 1. The highest BCUT2D eigenvalue weighted by molar-refractivity contribution is 9.10. The molecule has 0 saturated carbocycles. The van der Waals surface area contributed by atoms with Crippen molar-refractivity contribution in [1.82, 2.24) is 10.9 Å². The Kier molecular flexibility index (Phi) is 6.28. The maximum absolute atomic E-state index is 11.8. The summed E-state index contributed by atoms with van der Waals surface area (Å²) in [5.41, 5.74) is 7.07. The van der Waals surface area contributed by atoms with Crippen LogP contribution in [-0.4, -0.2) is 30.3 Å². The van der Waals surface area contributed by atoms with Crippen LogP contribution in [0, 0.1) is 13.8 Å². The number of amides is 2. The predicted octanol–water partition coefficient (Wildman–Crippen LogP) is 2.48. The van der Waals surface area contributed by atoms with Gasteiger partial charge in [-0.2, -0.15) is 0 Å². The molecule has 1 aromatic carbocycles. The zero-order valence-electron chi connectivity index (χ0n) is 12.6. The number of aryl methyl sites for hydroxylation is 2. The van der Waals surface area contributed by atoms with Crippen LogP contribution in [0.2, 0.25) is 0 Å². The Hall–Kier alpha value is -1.05. The molecule has 0 aromatic heterocycles. The Morgan fingerprint density at radius 2 is 2.09 bits per heavy atom. The fraction of sp³-hybridized carbons (Fsp3) is 0.467. The van der Waals surface area contributed by atoms with Crippen LogP contribution in [0.1, 0.15) is 24.0 Å². The summed E-state index contributed by atoms with van der Waals surface area (Å²) < 4.78 is 6.30. The minimum absolute atomic E-state index is 0.240. The zero-order chi connectivity index (χ0) is 16.1. The molecule has 0 spiro atoms. The molecule has 1 aromatic rings. The van der Waals surface area contributed by atoms with E-state index in [9.17, 15) is 9.59 Å². The Morgan fingerprint density at radius 1 is 1.32 bits per heavy atom. The number of carbonyl (C=O) groups is 2. The number of hydrazine groups is 1. The molecule has 7 heteroatoms. The van der Waals surface area contributed by atoms with E-state index in [-0.39, 0.29) is 17.6 Å². The van der Waals surface area contributed by atoms with Gasteiger partial charge in [0.1, 0.15) is 6.10 Å². The Bertz CT molecular complexity index is 574. The molecule has 1 unspecified atom stereocenters. The average molecular weight is 387 g/mol. The molecular weight excluding hydrogens is 368 g/mol. The van der Waals surface area contributed by atoms with Gasteiger partial charge in [-0.05, 0) is 49.9 Å². The van der Waals surface area contributed by atoms with Crippen LogP contribution >= 0.6 is 27.7 Å². The first kappa shape index (κ1) is 17.3. The molecule has 2 N–H and O–H groups in total. The summed E-state index contributed by atoms with van der Waals surface area (Å²) in [6.07, 6.45) is 1.14. The van der Waals surface area contributed by atoms with E-state index in [1.54, 1.807) is 0 Å². The van der Waals surface area contributed by atoms with Gasteiger partial charge in [0.2, 0.25) is 5.91 Å². The molecule has 0 aliphatic carbocycles. The second kappa shape index (κ2) is 7.99. The number of nitrogens with one attached hydrogen (secondary N) is 2. The smallest absolute Gasteiger partial charge is 0.267 e. The molecule has 120 valence electrons. The third-order valence-electron chi connectivity index (χ3n) is 3.36. The van der Waals surface area contributed by atoms with Gasteiger partial charge in [-0.1, -0.05) is 15.9 Å². The third-order valence-corrected chi connectivity index (χ3v) is 5.37. The molecule has 2 amide bonds. The fourth-order valence-electron chi connectivity index (χ4n) is 2.09. The SMILES string of the molecule is Cc1cc(SCC(=O)NNC(=O)C2CCCO2)c(C)cc1Br. The lowest BCUT2D eigenvalue weighted by atomic mass is 10.2. The highest BCUT2D eigenvalue weighted by Gasteiger charge is 2.23. The molecule has 1 fully saturated rings. The number of hydrogen-bond donors (Lipinski definition) is 2. The van der Waals surface area contributed by atoms with Crippen molar-refractivity contribution >= 4 is 39.5 Å². The molecule has 5 nitrogen and oxygen atoms in total. The van der Waals surface area contributed by atoms with E-state index in [1.165, 1.54) is 11.8 Å². The standard InChI is InChI=1S/C15H19BrN2O3S/c1-9-7-13(10(2)6-11(9)16)22-8-14(19)17-18-15(20)12-4-3-5-21-12/h6-7,12H,3-5,8H2,1-2H3,(H,17,19)(H,18,20). The topological polar surface area (TPSA) is 67.4 Å². The largest absolute Gasteiger partial charge is 0.368 e. The monoisotopic (exact) mass is 386 g/mol. The summed E-state index contributed by atoms with van der Waals surface area (Å²) in [6, 6.07) is 4.08. The van der Waals surface area contributed by atoms with Gasteiger partial charge in [-0.3, -0.25) is 20.4 Å². The molecule has 2 rings (SSSR count). The highest BCUT2D eigenvalue weighted by atomic mass is 79.9. The number of rotatable bonds is 4. The first-order valence-electron chi connectivity index (χ1n) is 7.07. The molecule has 1 heterocycles. The number of halogens is 1. The third kappa shape index (κ3) is 4.72. The molecule has 1 aliphatic rings. The summed E-state index contributed by atoms with van der Waals surface area (Å²) in [4.78, 5) is 24.6. The van der Waals surface area contributed by atoms with Crippen molar-refractivity contribution in [3.05, 3.63) is 27.7 Å². The minimum atomic E-state index is -0.440. The minimum Gasteiger partial charge on any atom is -0.368 e. The summed E-state index contributed by atoms with van der Waals surface area (Å²) in [5.74, 6) is -0.281. The van der Waals surface area contributed by atoms with Crippen molar-refractivity contribution in [1.29, 1.82) is 0 Å². The zero-order valence-corrected chi connectivity index (χ0v) is 15.0. The van der Waals surface area contributed by atoms with Crippen molar-refractivity contribution in [2.75, 3.05) is 12.4 Å². The van der Waals surface area contributed by atoms with Gasteiger partial charge in [0.05, 0.1) is 5.75 Å². The normalized spacial score (nSPS) is 17.3. The Morgan fingerprint density at radius 3 is 2.77 bits per heavy atom. The molecule has 1 aliphatic heterocycles. The number of hydrogen-bond acceptors (Lipinski definition) is 4. The molecule has 0 bridgehead atoms. The maximum Gasteiger partial charge on any atom is 0.267 e. The molecule has 22 heavy (non-hydrogen) atoms. The molecular formula is C15H19BrN2O3S. The quantitative estimate of drug-likeness (QED) is 0.616. The van der Waals surface area contributed by atoms with Crippen LogP contribution in [0.25, 0.3) is 0 Å². The van der Waals surface area contributed by atoms with Gasteiger partial charge >= 0.3 is 0 Å². The Labute approximate surface area is 142 Å². The van der Waals surface area contributed by atoms with Crippen LogP contribution in [0.3, 0.4) is 0 Å². The second-order valence-corrected chi connectivity index (χ2v) is 7.07. The van der Waals surface area contributed by atoms with Crippen LogP contribution in [-0.2, 0) is 14.3 Å². The van der Waals surface area contributed by atoms with Gasteiger partial charge in [-0.15, -0.1) is 11.8 Å². The van der Waals surface area contributed by atoms with E-state index in [2.05, 4.69) is 26.8 Å². The average Bonchev–Trinajstić information content (AvgIpc) is 3.01. The van der Waals surface area contributed by atoms with Crippen molar-refractivity contribution < 1.29 is 14.3 Å². The van der Waals surface area contributed by atoms with E-state index in [0.717, 1.165) is 26.9 Å². The molecule has 0 radical (unpaired) electrons. The Balaban J connectivity index is 1.78. The van der Waals surface area contributed by atoms with Crippen LogP contribution in [0.4, 0.5) is 0 Å². The lowest BCUT2D eigenvalue weighted by molar-refractivity contribution is -0.134. The maximum atomic E-state index is 11.8. The summed E-state index contributed by atoms with van der Waals surface area (Å²) >= 11 is 4.93. The van der Waals surface area contributed by atoms with Gasteiger partial charge in [0, 0.05) is 16.0 Å². The number of ether oxygens (including phenoxy) is 1. The van der Waals surface area contributed by atoms with E-state index in [1.807, 2.05) is 26.0 Å². The van der Waals surface area contributed by atoms with Crippen LogP contribution < -0.4 is 10.9 Å². The summed E-state index contributed by atoms with van der Waals surface area (Å²) in [7, 11) is 0. The van der Waals surface area contributed by atoms with Crippen LogP contribution in [0.5, 0.6) is 0 Å². The molecule has 1 saturated heterocycles. The van der Waals surface area contributed by atoms with Gasteiger partial charge in [0.15, 0.2) is 0 Å². The highest BCUT2D eigenvalue weighted by Crippen LogP contribution is 2.28. The van der Waals surface area contributed by atoms with E-state index in [4.69, 9.17) is 4.74 Å². The van der Waals surface area contributed by atoms with E-state index < -0.39 is 6.10 Å². The second-order valence-electron chi connectivity index (χ2n) is 5.19. The van der Waals surface area contributed by atoms with E-state index >= 15 is 0 Å². The van der Waals surface area contributed by atoms with Gasteiger partial charge in [-0.25, -0.2) is 0 Å². The number of carbonyl (C=O) groups excluding carboxylic acids is 2. The van der Waals surface area contributed by atoms with Gasteiger partial charge in [0.25, 0.3) is 5.91 Å². The number of benzene rings is 1. The van der Waals surface area contributed by atoms with Crippen molar-refractivity contribution in [2.45, 2.75) is 37.7 Å². The molecule has 1 atom stereocenters. The van der Waals surface area contributed by atoms with Crippen molar-refractivity contribution in [3.63, 3.8) is 0 Å². The van der Waals surface area contributed by atoms with E-state index in [0.29, 0.717) is 13.0 Å². The first-order valence-corrected chi connectivity index (χ1v) is 8.85.